The van der Waals surface area contributed by atoms with Gasteiger partial charge in [0.1, 0.15) is 0 Å². The van der Waals surface area contributed by atoms with Crippen LogP contribution in [-0.2, 0) is 4.74 Å². The zero-order chi connectivity index (χ0) is 14.2. The van der Waals surface area contributed by atoms with Crippen molar-refractivity contribution >= 4 is 6.03 Å². The molecule has 116 valence electrons. The maximum atomic E-state index is 11.9. The highest BCUT2D eigenvalue weighted by Crippen LogP contribution is 2.17. The first-order valence-corrected chi connectivity index (χ1v) is 8.08. The first-order chi connectivity index (χ1) is 9.74. The number of amides is 2. The van der Waals surface area contributed by atoms with E-state index in [1.54, 1.807) is 0 Å². The highest BCUT2D eigenvalue weighted by atomic mass is 16.5. The Bertz CT molecular complexity index is 287. The van der Waals surface area contributed by atoms with E-state index in [-0.39, 0.29) is 6.03 Å². The van der Waals surface area contributed by atoms with E-state index in [1.165, 1.54) is 19.3 Å². The van der Waals surface area contributed by atoms with E-state index in [4.69, 9.17) is 4.74 Å². The summed E-state index contributed by atoms with van der Waals surface area (Å²) >= 11 is 0. The second-order valence-corrected chi connectivity index (χ2v) is 6.21. The van der Waals surface area contributed by atoms with E-state index < -0.39 is 0 Å². The van der Waals surface area contributed by atoms with Gasteiger partial charge >= 0.3 is 6.03 Å². The third-order valence-electron chi connectivity index (χ3n) is 4.23. The van der Waals surface area contributed by atoms with E-state index in [9.17, 15) is 4.79 Å². The van der Waals surface area contributed by atoms with E-state index >= 15 is 0 Å². The molecule has 2 aliphatic rings. The number of urea groups is 1. The van der Waals surface area contributed by atoms with Gasteiger partial charge in [-0.25, -0.2) is 4.79 Å². The Morgan fingerprint density at radius 2 is 1.95 bits per heavy atom. The number of nitrogens with one attached hydrogen (secondary N) is 2. The summed E-state index contributed by atoms with van der Waals surface area (Å²) in [6, 6.07) is 0.393. The van der Waals surface area contributed by atoms with Gasteiger partial charge in [0.05, 0.1) is 13.2 Å². The zero-order valence-electron chi connectivity index (χ0n) is 12.7. The van der Waals surface area contributed by atoms with Crippen LogP contribution in [0.25, 0.3) is 0 Å². The van der Waals surface area contributed by atoms with Crippen LogP contribution in [0.2, 0.25) is 0 Å². The molecule has 0 spiro atoms. The van der Waals surface area contributed by atoms with Crippen molar-refractivity contribution in [2.75, 3.05) is 39.4 Å². The van der Waals surface area contributed by atoms with Crippen molar-refractivity contribution in [3.05, 3.63) is 0 Å². The lowest BCUT2D eigenvalue weighted by Crippen LogP contribution is -2.46. The molecule has 20 heavy (non-hydrogen) atoms. The molecule has 0 aromatic carbocycles. The first kappa shape index (κ1) is 15.6. The van der Waals surface area contributed by atoms with Crippen LogP contribution in [0.15, 0.2) is 0 Å². The molecular weight excluding hydrogens is 254 g/mol. The maximum Gasteiger partial charge on any atom is 0.315 e. The van der Waals surface area contributed by atoms with Crippen LogP contribution in [0, 0.1) is 5.92 Å². The number of rotatable bonds is 5. The largest absolute Gasteiger partial charge is 0.379 e. The molecule has 2 rings (SSSR count). The van der Waals surface area contributed by atoms with E-state index in [0.717, 1.165) is 52.2 Å². The van der Waals surface area contributed by atoms with Gasteiger partial charge < -0.3 is 15.4 Å². The SMILES string of the molecule is CC(CNC(=O)NC1CCCCC1)CN1CCOCC1. The number of ether oxygens (including phenoxy) is 1. The lowest BCUT2D eigenvalue weighted by molar-refractivity contribution is 0.0319. The second kappa shape index (κ2) is 8.47. The average Bonchev–Trinajstić information content (AvgIpc) is 2.47. The van der Waals surface area contributed by atoms with Crippen LogP contribution in [0.1, 0.15) is 39.0 Å². The molecule has 1 unspecified atom stereocenters. The molecule has 1 atom stereocenters. The second-order valence-electron chi connectivity index (χ2n) is 6.21. The predicted octanol–water partition coefficient (Wildman–Crippen LogP) is 1.59. The number of hydrogen-bond donors (Lipinski definition) is 2. The fraction of sp³-hybridized carbons (Fsp3) is 0.933. The van der Waals surface area contributed by atoms with Gasteiger partial charge in [0.25, 0.3) is 0 Å². The van der Waals surface area contributed by atoms with E-state index in [2.05, 4.69) is 22.5 Å². The fourth-order valence-electron chi connectivity index (χ4n) is 3.04. The van der Waals surface area contributed by atoms with Crippen molar-refractivity contribution in [3.63, 3.8) is 0 Å². The van der Waals surface area contributed by atoms with Crippen molar-refractivity contribution in [1.29, 1.82) is 0 Å². The third-order valence-corrected chi connectivity index (χ3v) is 4.23. The molecule has 0 aromatic rings. The number of carbonyl (C=O) groups is 1. The molecule has 2 N–H and O–H groups in total. The molecule has 1 saturated heterocycles. The van der Waals surface area contributed by atoms with E-state index in [1.807, 2.05) is 0 Å². The predicted molar refractivity (Wildman–Crippen MR) is 79.8 cm³/mol. The average molecular weight is 283 g/mol. The Morgan fingerprint density at radius 3 is 2.65 bits per heavy atom. The normalized spacial score (nSPS) is 23.2. The molecule has 0 radical (unpaired) electrons. The summed E-state index contributed by atoms with van der Waals surface area (Å²) in [5.41, 5.74) is 0. The van der Waals surface area contributed by atoms with Gasteiger partial charge in [-0.05, 0) is 18.8 Å². The van der Waals surface area contributed by atoms with Crippen LogP contribution in [0.4, 0.5) is 4.79 Å². The summed E-state index contributed by atoms with van der Waals surface area (Å²) in [5, 5.41) is 6.11. The molecule has 1 aliphatic heterocycles. The van der Waals surface area contributed by atoms with Gasteiger partial charge in [-0.1, -0.05) is 26.2 Å². The first-order valence-electron chi connectivity index (χ1n) is 8.08. The van der Waals surface area contributed by atoms with Crippen molar-refractivity contribution in [1.82, 2.24) is 15.5 Å². The van der Waals surface area contributed by atoms with Gasteiger partial charge in [-0.15, -0.1) is 0 Å². The molecule has 2 fully saturated rings. The standard InChI is InChI=1S/C15H29N3O2/c1-13(12-18-7-9-20-10-8-18)11-16-15(19)17-14-5-3-2-4-6-14/h13-14H,2-12H2,1H3,(H2,16,17,19). The monoisotopic (exact) mass is 283 g/mol. The quantitative estimate of drug-likeness (QED) is 0.805. The minimum absolute atomic E-state index is 0.00530. The smallest absolute Gasteiger partial charge is 0.315 e. The van der Waals surface area contributed by atoms with Gasteiger partial charge in [-0.2, -0.15) is 0 Å². The fourth-order valence-corrected chi connectivity index (χ4v) is 3.04. The minimum atomic E-state index is 0.00530. The van der Waals surface area contributed by atoms with Crippen LogP contribution in [0.3, 0.4) is 0 Å². The van der Waals surface area contributed by atoms with Crippen LogP contribution in [-0.4, -0.2) is 56.4 Å². The Hall–Kier alpha value is -0.810. The number of hydrogen-bond acceptors (Lipinski definition) is 3. The molecule has 1 saturated carbocycles. The molecular formula is C15H29N3O2. The molecule has 0 bridgehead atoms. The van der Waals surface area contributed by atoms with Crippen molar-refractivity contribution < 1.29 is 9.53 Å². The molecule has 1 aliphatic carbocycles. The van der Waals surface area contributed by atoms with Crippen LogP contribution < -0.4 is 10.6 Å². The Balaban J connectivity index is 1.57. The molecule has 5 nitrogen and oxygen atoms in total. The maximum absolute atomic E-state index is 11.9. The molecule has 2 amide bonds. The lowest BCUT2D eigenvalue weighted by atomic mass is 9.96. The Morgan fingerprint density at radius 1 is 1.25 bits per heavy atom. The molecule has 0 aromatic heterocycles. The van der Waals surface area contributed by atoms with Crippen molar-refractivity contribution in [2.45, 2.75) is 45.1 Å². The number of nitrogens with zero attached hydrogens (tertiary/aromatic N) is 1. The number of morpholine rings is 1. The van der Waals surface area contributed by atoms with Gasteiger partial charge in [-0.3, -0.25) is 4.90 Å². The van der Waals surface area contributed by atoms with Crippen molar-refractivity contribution in [3.8, 4) is 0 Å². The molecule has 1 heterocycles. The summed E-state index contributed by atoms with van der Waals surface area (Å²) in [4.78, 5) is 14.3. The topological polar surface area (TPSA) is 53.6 Å². The van der Waals surface area contributed by atoms with Crippen LogP contribution >= 0.6 is 0 Å². The van der Waals surface area contributed by atoms with Crippen LogP contribution in [0.5, 0.6) is 0 Å². The Labute approximate surface area is 122 Å². The zero-order valence-corrected chi connectivity index (χ0v) is 12.7. The summed E-state index contributed by atoms with van der Waals surface area (Å²) < 4.78 is 5.34. The summed E-state index contributed by atoms with van der Waals surface area (Å²) in [7, 11) is 0. The Kier molecular flexibility index (Phi) is 6.60. The highest BCUT2D eigenvalue weighted by Gasteiger charge is 2.17. The molecule has 5 heteroatoms. The van der Waals surface area contributed by atoms with Crippen molar-refractivity contribution in [2.24, 2.45) is 5.92 Å². The number of carbonyl (C=O) groups excluding carboxylic acids is 1. The summed E-state index contributed by atoms with van der Waals surface area (Å²) in [5.74, 6) is 0.477. The van der Waals surface area contributed by atoms with Gasteiger partial charge in [0.2, 0.25) is 0 Å². The minimum Gasteiger partial charge on any atom is -0.379 e. The summed E-state index contributed by atoms with van der Waals surface area (Å²) in [6.07, 6.45) is 6.08. The third kappa shape index (κ3) is 5.67. The van der Waals surface area contributed by atoms with Gasteiger partial charge in [0, 0.05) is 32.2 Å². The lowest BCUT2D eigenvalue weighted by Gasteiger charge is -2.29. The highest BCUT2D eigenvalue weighted by molar-refractivity contribution is 5.74. The summed E-state index contributed by atoms with van der Waals surface area (Å²) in [6.45, 7) is 7.67. The van der Waals surface area contributed by atoms with E-state index in [0.29, 0.717) is 12.0 Å². The van der Waals surface area contributed by atoms with Gasteiger partial charge in [0.15, 0.2) is 0 Å².